The first kappa shape index (κ1) is 28.3. The molecule has 196 valence electrons. The summed E-state index contributed by atoms with van der Waals surface area (Å²) in [4.78, 5) is 38.5. The Bertz CT molecular complexity index is 1010. The molecule has 0 unspecified atom stereocenters. The maximum atomic E-state index is 14.8. The number of imide groups is 1. The number of carbonyl (C=O) groups excluding carboxylic acids is 3. The number of anilines is 1. The van der Waals surface area contributed by atoms with Crippen molar-refractivity contribution in [1.29, 1.82) is 0 Å². The molecule has 1 aliphatic carbocycles. The average Bonchev–Trinajstić information content (AvgIpc) is 3.11. The van der Waals surface area contributed by atoms with Crippen molar-refractivity contribution in [2.45, 2.75) is 84.0 Å². The first-order valence-electron chi connectivity index (χ1n) is 12.8. The van der Waals surface area contributed by atoms with Gasteiger partial charge in [0.25, 0.3) is 11.8 Å². The number of amides is 2. The molecule has 0 radical (unpaired) electrons. The number of carbonyl (C=O) groups is 3. The lowest BCUT2D eigenvalue weighted by Gasteiger charge is -2.18. The van der Waals surface area contributed by atoms with Crippen LogP contribution in [-0.2, 0) is 23.9 Å². The van der Waals surface area contributed by atoms with Gasteiger partial charge in [-0.05, 0) is 56.5 Å². The molecular formula is C27H33ClFNO5S. The van der Waals surface area contributed by atoms with Gasteiger partial charge in [0.1, 0.15) is 5.82 Å². The lowest BCUT2D eigenvalue weighted by Crippen LogP contribution is -2.32. The fraction of sp³-hybridized carbons (Fsp3) is 0.556. The van der Waals surface area contributed by atoms with E-state index in [-0.39, 0.29) is 21.3 Å². The van der Waals surface area contributed by atoms with Gasteiger partial charge in [-0.15, -0.1) is 0 Å². The molecule has 2 amide bonds. The lowest BCUT2D eigenvalue weighted by atomic mass is 9.93. The number of ether oxygens (including phenoxy) is 2. The Kier molecular flexibility index (Phi) is 10.9. The van der Waals surface area contributed by atoms with E-state index in [9.17, 15) is 18.8 Å². The third kappa shape index (κ3) is 7.13. The summed E-state index contributed by atoms with van der Waals surface area (Å²) in [7, 11) is 0. The predicted octanol–water partition coefficient (Wildman–Crippen LogP) is 6.60. The van der Waals surface area contributed by atoms with Crippen LogP contribution in [0.1, 0.15) is 89.5 Å². The minimum absolute atomic E-state index is 0.0506. The molecule has 36 heavy (non-hydrogen) atoms. The largest absolute Gasteiger partial charge is 0.471 e. The number of hydrogen-bond donors (Lipinski definition) is 0. The number of halogens is 2. The minimum Gasteiger partial charge on any atom is -0.471 e. The van der Waals surface area contributed by atoms with Gasteiger partial charge >= 0.3 is 5.97 Å². The van der Waals surface area contributed by atoms with Crippen molar-refractivity contribution in [3.05, 3.63) is 39.7 Å². The summed E-state index contributed by atoms with van der Waals surface area (Å²) in [5.74, 6) is -2.42. The van der Waals surface area contributed by atoms with Gasteiger partial charge in [-0.25, -0.2) is 14.1 Å². The van der Waals surface area contributed by atoms with Crippen LogP contribution in [0.4, 0.5) is 10.1 Å². The van der Waals surface area contributed by atoms with E-state index in [0.717, 1.165) is 43.1 Å². The van der Waals surface area contributed by atoms with Crippen LogP contribution in [0.15, 0.2) is 23.3 Å². The summed E-state index contributed by atoms with van der Waals surface area (Å²) in [5.41, 5.74) is 0.770. The molecule has 2 aliphatic rings. The van der Waals surface area contributed by atoms with E-state index >= 15 is 0 Å². The molecule has 6 nitrogen and oxygen atoms in total. The van der Waals surface area contributed by atoms with E-state index in [1.165, 1.54) is 38.2 Å². The Morgan fingerprint density at radius 3 is 2.17 bits per heavy atom. The van der Waals surface area contributed by atoms with Gasteiger partial charge in [-0.3, -0.25) is 9.59 Å². The summed E-state index contributed by atoms with van der Waals surface area (Å²) in [6.45, 7) is 2.08. The molecule has 0 saturated carbocycles. The van der Waals surface area contributed by atoms with Crippen molar-refractivity contribution in [3.63, 3.8) is 0 Å². The van der Waals surface area contributed by atoms with Crippen LogP contribution in [0.3, 0.4) is 0 Å². The Labute approximate surface area is 222 Å². The van der Waals surface area contributed by atoms with E-state index in [1.807, 2.05) is 0 Å². The molecule has 0 atom stereocenters. The second-order valence-electron chi connectivity index (χ2n) is 9.16. The molecule has 9 heteroatoms. The monoisotopic (exact) mass is 537 g/mol. The highest BCUT2D eigenvalue weighted by Crippen LogP contribution is 2.38. The summed E-state index contributed by atoms with van der Waals surface area (Å²) in [5, 5.41) is -0.201. The molecule has 0 aromatic heterocycles. The van der Waals surface area contributed by atoms with Crippen molar-refractivity contribution in [2.75, 3.05) is 18.1 Å². The second-order valence-corrected chi connectivity index (χ2v) is 9.94. The molecule has 1 heterocycles. The molecular weight excluding hydrogens is 505 g/mol. The molecule has 0 N–H and O–H groups in total. The molecule has 0 saturated heterocycles. The van der Waals surface area contributed by atoms with Crippen LogP contribution in [0.5, 0.6) is 0 Å². The first-order valence-corrected chi connectivity index (χ1v) is 13.6. The van der Waals surface area contributed by atoms with Crippen molar-refractivity contribution >= 4 is 52.3 Å². The summed E-state index contributed by atoms with van der Waals surface area (Å²) < 4.78 is 25.3. The van der Waals surface area contributed by atoms with E-state index < -0.39 is 30.2 Å². The zero-order valence-electron chi connectivity index (χ0n) is 20.7. The lowest BCUT2D eigenvalue weighted by molar-refractivity contribution is -0.146. The maximum absolute atomic E-state index is 14.8. The highest BCUT2D eigenvalue weighted by atomic mass is 35.5. The maximum Gasteiger partial charge on any atom is 0.344 e. The normalized spacial score (nSPS) is 15.4. The average molecular weight is 538 g/mol. The van der Waals surface area contributed by atoms with Gasteiger partial charge in [0, 0.05) is 16.7 Å². The van der Waals surface area contributed by atoms with Gasteiger partial charge in [0.15, 0.2) is 11.7 Å². The Morgan fingerprint density at radius 2 is 1.56 bits per heavy atom. The molecule has 0 fully saturated rings. The Hall–Kier alpha value is -2.32. The third-order valence-electron chi connectivity index (χ3n) is 6.47. The van der Waals surface area contributed by atoms with E-state index in [4.69, 9.17) is 33.3 Å². The summed E-state index contributed by atoms with van der Waals surface area (Å²) in [6, 6.07) is 2.21. The number of benzene rings is 1. The van der Waals surface area contributed by atoms with Gasteiger partial charge in [0.2, 0.25) is 0 Å². The van der Waals surface area contributed by atoms with Crippen LogP contribution in [-0.4, -0.2) is 36.0 Å². The van der Waals surface area contributed by atoms with Crippen LogP contribution in [0, 0.1) is 5.82 Å². The topological polar surface area (TPSA) is 72.9 Å². The zero-order valence-corrected chi connectivity index (χ0v) is 22.3. The van der Waals surface area contributed by atoms with E-state index in [0.29, 0.717) is 30.6 Å². The molecule has 0 bridgehead atoms. The fourth-order valence-electron chi connectivity index (χ4n) is 4.49. The number of unbranched alkanes of at least 4 members (excludes halogenated alkanes) is 7. The van der Waals surface area contributed by atoms with Gasteiger partial charge in [0.05, 0.1) is 17.3 Å². The van der Waals surface area contributed by atoms with Crippen molar-refractivity contribution in [1.82, 2.24) is 0 Å². The number of nitrogens with zero attached hydrogens (tertiary/aromatic N) is 1. The smallest absolute Gasteiger partial charge is 0.344 e. The van der Waals surface area contributed by atoms with Crippen molar-refractivity contribution in [2.24, 2.45) is 0 Å². The SMILES string of the molecule is CCCCCCCCCCOC(=O)COC(=S)c1cc(N2C(=O)C3=C(CCCC3)C2=O)c(F)cc1Cl. The molecule has 1 aromatic carbocycles. The summed E-state index contributed by atoms with van der Waals surface area (Å²) >= 11 is 11.4. The van der Waals surface area contributed by atoms with Gasteiger partial charge in [-0.1, -0.05) is 63.5 Å². The highest BCUT2D eigenvalue weighted by molar-refractivity contribution is 7.80. The van der Waals surface area contributed by atoms with Crippen LogP contribution in [0.25, 0.3) is 0 Å². The first-order chi connectivity index (χ1) is 17.3. The molecule has 1 aliphatic heterocycles. The Balaban J connectivity index is 1.50. The van der Waals surface area contributed by atoms with Crippen LogP contribution >= 0.6 is 23.8 Å². The number of esters is 1. The fourth-order valence-corrected chi connectivity index (χ4v) is 5.01. The number of rotatable bonds is 13. The quantitative estimate of drug-likeness (QED) is 0.122. The molecule has 1 aromatic rings. The van der Waals surface area contributed by atoms with Crippen molar-refractivity contribution < 1.29 is 28.2 Å². The number of thiocarbonyl (C=S) groups is 1. The predicted molar refractivity (Wildman–Crippen MR) is 141 cm³/mol. The van der Waals surface area contributed by atoms with Crippen LogP contribution in [0.2, 0.25) is 5.02 Å². The third-order valence-corrected chi connectivity index (χ3v) is 7.12. The van der Waals surface area contributed by atoms with E-state index in [1.54, 1.807) is 0 Å². The van der Waals surface area contributed by atoms with Gasteiger partial charge < -0.3 is 9.47 Å². The molecule has 3 rings (SSSR count). The molecule has 0 spiro atoms. The van der Waals surface area contributed by atoms with E-state index in [2.05, 4.69) is 6.92 Å². The van der Waals surface area contributed by atoms with Crippen LogP contribution < -0.4 is 4.90 Å². The summed E-state index contributed by atoms with van der Waals surface area (Å²) in [6.07, 6.45) is 11.7. The minimum atomic E-state index is -0.821. The van der Waals surface area contributed by atoms with Crippen molar-refractivity contribution in [3.8, 4) is 0 Å². The zero-order chi connectivity index (χ0) is 26.1. The number of hydrogen-bond acceptors (Lipinski definition) is 6. The second kappa shape index (κ2) is 13.8. The standard InChI is InChI=1S/C27H33ClFNO5S/c1-2-3-4-5-6-7-8-11-14-34-24(31)17-35-27(36)20-15-23(22(29)16-21(20)28)30-25(32)18-12-9-10-13-19(18)26(30)33/h15-16H,2-14,17H2,1H3. The van der Waals surface area contributed by atoms with Gasteiger partial charge in [-0.2, -0.15) is 0 Å². The highest BCUT2D eigenvalue weighted by Gasteiger charge is 2.41. The Morgan fingerprint density at radius 1 is 0.972 bits per heavy atom.